The highest BCUT2D eigenvalue weighted by molar-refractivity contribution is 7.17. The van der Waals surface area contributed by atoms with Crippen LogP contribution in [-0.2, 0) is 0 Å². The molecule has 0 amide bonds. The molecule has 1 saturated heterocycles. The van der Waals surface area contributed by atoms with Crippen molar-refractivity contribution in [2.45, 2.75) is 20.0 Å². The molecule has 0 spiro atoms. The van der Waals surface area contributed by atoms with E-state index in [0.717, 1.165) is 64.8 Å². The molecule has 8 nitrogen and oxygen atoms in total. The molecular weight excluding hydrogens is 460 g/mol. The Morgan fingerprint density at radius 1 is 1.00 bits per heavy atom. The second kappa shape index (κ2) is 10.1. The van der Waals surface area contributed by atoms with Crippen molar-refractivity contribution in [3.8, 4) is 22.8 Å². The molecule has 9 heteroatoms. The number of piperazine rings is 1. The van der Waals surface area contributed by atoms with Gasteiger partial charge in [-0.2, -0.15) is 4.98 Å². The first-order chi connectivity index (χ1) is 17.0. The average Bonchev–Trinajstić information content (AvgIpc) is 3.28. The third-order valence-corrected chi connectivity index (χ3v) is 6.88. The number of aromatic nitrogens is 3. The molecule has 1 aromatic carbocycles. The normalized spacial score (nSPS) is 14.5. The van der Waals surface area contributed by atoms with Gasteiger partial charge in [0.05, 0.1) is 29.6 Å². The maximum absolute atomic E-state index is 6.09. The second-order valence-corrected chi connectivity index (χ2v) is 9.77. The number of likely N-dealkylation sites (N-methyl/N-ethyl adjacent to an activating group) is 1. The minimum Gasteiger partial charge on any atom is -0.496 e. The summed E-state index contributed by atoms with van der Waals surface area (Å²) in [5, 5.41) is 5.44. The maximum Gasteiger partial charge on any atom is 0.240 e. The lowest BCUT2D eigenvalue weighted by molar-refractivity contribution is 0.234. The van der Waals surface area contributed by atoms with Gasteiger partial charge in [0.25, 0.3) is 0 Å². The largest absolute Gasteiger partial charge is 0.496 e. The van der Waals surface area contributed by atoms with Crippen LogP contribution in [-0.4, -0.2) is 66.3 Å². The zero-order valence-electron chi connectivity index (χ0n) is 20.5. The van der Waals surface area contributed by atoms with Crippen molar-refractivity contribution < 1.29 is 9.47 Å². The first kappa shape index (κ1) is 23.3. The van der Waals surface area contributed by atoms with Crippen LogP contribution in [0, 0.1) is 0 Å². The van der Waals surface area contributed by atoms with Crippen LogP contribution < -0.4 is 19.7 Å². The molecule has 0 atom stereocenters. The van der Waals surface area contributed by atoms with Crippen molar-refractivity contribution in [1.29, 1.82) is 0 Å². The standard InChI is InChI=1S/C26H30N6O2S/c1-17(2)34-25-20(9-10-23(29-25)32-13-11-31(3)12-14-32)28-26-27-15-22-24(30-26)19(16-35-22)18-7-5-6-8-21(18)33-4/h5-10,15-17H,11-14H2,1-4H3,(H,27,28,30). The SMILES string of the molecule is COc1ccccc1-c1csc2cnc(Nc3ccc(N4CCN(C)CC4)nc3OC(C)C)nc12. The summed E-state index contributed by atoms with van der Waals surface area (Å²) in [7, 11) is 3.83. The van der Waals surface area contributed by atoms with Crippen LogP contribution in [0.3, 0.4) is 0 Å². The van der Waals surface area contributed by atoms with Gasteiger partial charge in [-0.05, 0) is 39.1 Å². The Morgan fingerprint density at radius 3 is 2.57 bits per heavy atom. The average molecular weight is 491 g/mol. The van der Waals surface area contributed by atoms with Crippen LogP contribution in [0.25, 0.3) is 21.3 Å². The van der Waals surface area contributed by atoms with Crippen molar-refractivity contribution in [2.24, 2.45) is 0 Å². The summed E-state index contributed by atoms with van der Waals surface area (Å²) in [6.07, 6.45) is 1.84. The van der Waals surface area contributed by atoms with Gasteiger partial charge in [0.1, 0.15) is 17.3 Å². The number of pyridine rings is 1. The zero-order valence-corrected chi connectivity index (χ0v) is 21.3. The molecule has 4 heterocycles. The number of fused-ring (bicyclic) bond motifs is 1. The summed E-state index contributed by atoms with van der Waals surface area (Å²) in [6, 6.07) is 12.0. The maximum atomic E-state index is 6.09. The van der Waals surface area contributed by atoms with E-state index >= 15 is 0 Å². The Hall–Kier alpha value is -3.43. The van der Waals surface area contributed by atoms with E-state index in [1.54, 1.807) is 18.4 Å². The van der Waals surface area contributed by atoms with E-state index in [9.17, 15) is 0 Å². The molecule has 1 N–H and O–H groups in total. The number of para-hydroxylation sites is 1. The first-order valence-corrected chi connectivity index (χ1v) is 12.7. The van der Waals surface area contributed by atoms with Crippen molar-refractivity contribution in [3.05, 3.63) is 48.0 Å². The fourth-order valence-corrected chi connectivity index (χ4v) is 4.98. The summed E-state index contributed by atoms with van der Waals surface area (Å²) >= 11 is 1.62. The van der Waals surface area contributed by atoms with Gasteiger partial charge in [-0.1, -0.05) is 18.2 Å². The topological polar surface area (TPSA) is 75.6 Å². The van der Waals surface area contributed by atoms with Crippen LogP contribution in [0.5, 0.6) is 11.6 Å². The molecule has 182 valence electrons. The Labute approximate surface area is 209 Å². The van der Waals surface area contributed by atoms with E-state index in [1.807, 2.05) is 56.4 Å². The number of hydrogen-bond acceptors (Lipinski definition) is 9. The summed E-state index contributed by atoms with van der Waals surface area (Å²) in [5.74, 6) is 2.79. The summed E-state index contributed by atoms with van der Waals surface area (Å²) in [5.41, 5.74) is 3.65. The zero-order chi connectivity index (χ0) is 24.4. The molecule has 1 aliphatic rings. The summed E-state index contributed by atoms with van der Waals surface area (Å²) in [4.78, 5) is 18.9. The van der Waals surface area contributed by atoms with Crippen LogP contribution in [0.15, 0.2) is 48.0 Å². The Kier molecular flexibility index (Phi) is 6.70. The lowest BCUT2D eigenvalue weighted by atomic mass is 10.1. The van der Waals surface area contributed by atoms with Crippen LogP contribution >= 0.6 is 11.3 Å². The fourth-order valence-electron chi connectivity index (χ4n) is 4.12. The molecule has 3 aromatic heterocycles. The molecule has 0 aliphatic carbocycles. The number of anilines is 3. The van der Waals surface area contributed by atoms with Crippen molar-refractivity contribution in [2.75, 3.05) is 50.6 Å². The number of ether oxygens (including phenoxy) is 2. The van der Waals surface area contributed by atoms with Gasteiger partial charge in [-0.25, -0.2) is 9.97 Å². The minimum absolute atomic E-state index is 0.0109. The number of hydrogen-bond donors (Lipinski definition) is 1. The molecule has 1 fully saturated rings. The predicted octanol–water partition coefficient (Wildman–Crippen LogP) is 5.04. The van der Waals surface area contributed by atoms with Gasteiger partial charge >= 0.3 is 0 Å². The van der Waals surface area contributed by atoms with Gasteiger partial charge in [-0.3, -0.25) is 0 Å². The van der Waals surface area contributed by atoms with E-state index in [-0.39, 0.29) is 6.10 Å². The number of nitrogens with one attached hydrogen (secondary N) is 1. The number of thiophene rings is 1. The van der Waals surface area contributed by atoms with Gasteiger partial charge < -0.3 is 24.6 Å². The van der Waals surface area contributed by atoms with Gasteiger partial charge in [0.15, 0.2) is 0 Å². The van der Waals surface area contributed by atoms with Crippen molar-refractivity contribution in [1.82, 2.24) is 19.9 Å². The minimum atomic E-state index is -0.0109. The van der Waals surface area contributed by atoms with E-state index in [4.69, 9.17) is 19.4 Å². The van der Waals surface area contributed by atoms with Gasteiger partial charge in [0, 0.05) is 42.7 Å². The molecule has 35 heavy (non-hydrogen) atoms. The molecule has 0 bridgehead atoms. The van der Waals surface area contributed by atoms with Crippen LogP contribution in [0.4, 0.5) is 17.5 Å². The molecule has 0 saturated carbocycles. The first-order valence-electron chi connectivity index (χ1n) is 11.8. The van der Waals surface area contributed by atoms with E-state index in [0.29, 0.717) is 11.8 Å². The highest BCUT2D eigenvalue weighted by Crippen LogP contribution is 2.38. The molecule has 0 radical (unpaired) electrons. The Balaban J connectivity index is 1.47. The van der Waals surface area contributed by atoms with E-state index in [2.05, 4.69) is 32.5 Å². The Morgan fingerprint density at radius 2 is 1.80 bits per heavy atom. The van der Waals surface area contributed by atoms with Gasteiger partial charge in [0.2, 0.25) is 11.8 Å². The fraction of sp³-hybridized carbons (Fsp3) is 0.346. The third-order valence-electron chi connectivity index (χ3n) is 5.98. The van der Waals surface area contributed by atoms with Crippen molar-refractivity contribution >= 4 is 39.0 Å². The van der Waals surface area contributed by atoms with Crippen LogP contribution in [0.2, 0.25) is 0 Å². The van der Waals surface area contributed by atoms with E-state index in [1.165, 1.54) is 0 Å². The highest BCUT2D eigenvalue weighted by atomic mass is 32.1. The molecule has 5 rings (SSSR count). The number of nitrogens with zero attached hydrogens (tertiary/aromatic N) is 5. The number of rotatable bonds is 7. The van der Waals surface area contributed by atoms with Crippen molar-refractivity contribution in [3.63, 3.8) is 0 Å². The molecule has 4 aromatic rings. The highest BCUT2D eigenvalue weighted by Gasteiger charge is 2.19. The third kappa shape index (κ3) is 5.01. The predicted molar refractivity (Wildman–Crippen MR) is 142 cm³/mol. The number of benzene rings is 1. The number of methoxy groups -OCH3 is 1. The molecular formula is C26H30N6O2S. The quantitative estimate of drug-likeness (QED) is 0.386. The smallest absolute Gasteiger partial charge is 0.240 e. The lowest BCUT2D eigenvalue weighted by Gasteiger charge is -2.33. The Bertz CT molecular complexity index is 1320. The monoisotopic (exact) mass is 490 g/mol. The van der Waals surface area contributed by atoms with Gasteiger partial charge in [-0.15, -0.1) is 11.3 Å². The second-order valence-electron chi connectivity index (χ2n) is 8.86. The summed E-state index contributed by atoms with van der Waals surface area (Å²) in [6.45, 7) is 7.93. The van der Waals surface area contributed by atoms with Crippen LogP contribution in [0.1, 0.15) is 13.8 Å². The lowest BCUT2D eigenvalue weighted by Crippen LogP contribution is -2.44. The molecule has 0 unspecified atom stereocenters. The molecule has 1 aliphatic heterocycles. The van der Waals surface area contributed by atoms with E-state index < -0.39 is 0 Å². The summed E-state index contributed by atoms with van der Waals surface area (Å²) < 4.78 is 12.7.